The Morgan fingerprint density at radius 2 is 2.30 bits per heavy atom. The third kappa shape index (κ3) is 2.27. The maximum Gasteiger partial charge on any atom is 0.152 e. The second kappa shape index (κ2) is 5.26. The molecule has 0 bridgehead atoms. The van der Waals surface area contributed by atoms with Crippen molar-refractivity contribution in [2.75, 3.05) is 25.1 Å². The summed E-state index contributed by atoms with van der Waals surface area (Å²) in [5.74, 6) is 1.45. The third-order valence-electron chi connectivity index (χ3n) is 4.19. The maximum absolute atomic E-state index is 6.16. The zero-order chi connectivity index (χ0) is 14.2. The fraction of sp³-hybridized carbons (Fsp3) is 0.533. The first-order valence-corrected chi connectivity index (χ1v) is 7.52. The quantitative estimate of drug-likeness (QED) is 0.815. The number of imidazole rings is 1. The van der Waals surface area contributed by atoms with E-state index in [-0.39, 0.29) is 5.60 Å². The van der Waals surface area contributed by atoms with E-state index in [1.54, 1.807) is 7.11 Å². The summed E-state index contributed by atoms with van der Waals surface area (Å²) < 4.78 is 7.74. The Bertz CT molecular complexity index is 612. The summed E-state index contributed by atoms with van der Waals surface area (Å²) in [6, 6.07) is 6.02. The number of anilines is 1. The first-order valence-electron chi connectivity index (χ1n) is 6.99. The number of alkyl halides is 1. The number of aromatic nitrogens is 2. The molecule has 3 rings (SSSR count). The number of hydrogen-bond donors (Lipinski definition) is 0. The van der Waals surface area contributed by atoms with Crippen LogP contribution >= 0.6 is 11.6 Å². The van der Waals surface area contributed by atoms with Crippen molar-refractivity contribution in [3.05, 3.63) is 30.1 Å². The minimum Gasteiger partial charge on any atom is -0.377 e. The van der Waals surface area contributed by atoms with Crippen LogP contribution in [0.15, 0.2) is 24.4 Å². The summed E-state index contributed by atoms with van der Waals surface area (Å²) in [6.45, 7) is 4.03. The molecule has 0 N–H and O–H groups in total. The summed E-state index contributed by atoms with van der Waals surface area (Å²) in [4.78, 5) is 7.06. The van der Waals surface area contributed by atoms with Crippen LogP contribution in [0.25, 0.3) is 5.65 Å². The number of rotatable bonds is 3. The molecule has 2 aromatic rings. The highest BCUT2D eigenvalue weighted by atomic mass is 35.5. The molecule has 1 atom stereocenters. The first-order chi connectivity index (χ1) is 9.67. The van der Waals surface area contributed by atoms with Crippen LogP contribution in [0, 0.1) is 0 Å². The third-order valence-corrected chi connectivity index (χ3v) is 4.44. The van der Waals surface area contributed by atoms with Gasteiger partial charge >= 0.3 is 0 Å². The Balaban J connectivity index is 2.01. The molecule has 0 aromatic carbocycles. The van der Waals surface area contributed by atoms with Gasteiger partial charge in [-0.1, -0.05) is 6.07 Å². The van der Waals surface area contributed by atoms with E-state index in [0.717, 1.165) is 43.1 Å². The zero-order valence-electron chi connectivity index (χ0n) is 12.0. The number of fused-ring (bicyclic) bond motifs is 1. The molecule has 1 saturated heterocycles. The van der Waals surface area contributed by atoms with Crippen LogP contribution in [0.1, 0.15) is 25.5 Å². The number of pyridine rings is 1. The first kappa shape index (κ1) is 13.7. The van der Waals surface area contributed by atoms with E-state index in [1.807, 2.05) is 24.4 Å². The Kier molecular flexibility index (Phi) is 3.61. The minimum atomic E-state index is -0.0996. The highest BCUT2D eigenvalue weighted by Crippen LogP contribution is 2.30. The topological polar surface area (TPSA) is 29.8 Å². The van der Waals surface area contributed by atoms with Gasteiger partial charge in [0.25, 0.3) is 0 Å². The van der Waals surface area contributed by atoms with Crippen LogP contribution in [0.3, 0.4) is 0 Å². The smallest absolute Gasteiger partial charge is 0.152 e. The molecule has 1 unspecified atom stereocenters. The summed E-state index contributed by atoms with van der Waals surface area (Å²) in [7, 11) is 1.79. The van der Waals surface area contributed by atoms with E-state index in [0.29, 0.717) is 5.88 Å². The lowest BCUT2D eigenvalue weighted by molar-refractivity contribution is -0.00482. The van der Waals surface area contributed by atoms with Crippen molar-refractivity contribution in [3.63, 3.8) is 0 Å². The lowest BCUT2D eigenvalue weighted by atomic mass is 9.95. The molecule has 1 aliphatic heterocycles. The van der Waals surface area contributed by atoms with Gasteiger partial charge in [0, 0.05) is 26.4 Å². The van der Waals surface area contributed by atoms with Crippen molar-refractivity contribution in [2.24, 2.45) is 0 Å². The van der Waals surface area contributed by atoms with Gasteiger partial charge in [-0.2, -0.15) is 0 Å². The molecule has 20 heavy (non-hydrogen) atoms. The molecular formula is C15H20ClN3O. The van der Waals surface area contributed by atoms with Gasteiger partial charge in [-0.05, 0) is 31.9 Å². The van der Waals surface area contributed by atoms with E-state index >= 15 is 0 Å². The number of nitrogens with zero attached hydrogens (tertiary/aromatic N) is 3. The lowest BCUT2D eigenvalue weighted by Crippen LogP contribution is -2.47. The fourth-order valence-corrected chi connectivity index (χ4v) is 3.21. The number of halogens is 1. The molecule has 0 amide bonds. The van der Waals surface area contributed by atoms with E-state index in [9.17, 15) is 0 Å². The Morgan fingerprint density at radius 3 is 3.05 bits per heavy atom. The van der Waals surface area contributed by atoms with Gasteiger partial charge in [0.1, 0.15) is 5.65 Å². The molecule has 3 heterocycles. The minimum absolute atomic E-state index is 0.0996. The SMILES string of the molecule is COC1(C)CCCN(c2nc3ccccn3c2CCl)C1. The summed E-state index contributed by atoms with van der Waals surface area (Å²) in [5, 5.41) is 0. The van der Waals surface area contributed by atoms with Gasteiger partial charge in [0.15, 0.2) is 5.82 Å². The molecule has 1 aliphatic rings. The van der Waals surface area contributed by atoms with Crippen LogP contribution in [0.5, 0.6) is 0 Å². The molecule has 1 fully saturated rings. The number of hydrogen-bond acceptors (Lipinski definition) is 3. The Morgan fingerprint density at radius 1 is 1.45 bits per heavy atom. The van der Waals surface area contributed by atoms with Crippen molar-refractivity contribution in [1.82, 2.24) is 9.38 Å². The van der Waals surface area contributed by atoms with Gasteiger partial charge in [0.05, 0.1) is 17.2 Å². The van der Waals surface area contributed by atoms with Crippen LogP contribution in [-0.4, -0.2) is 35.2 Å². The standard InChI is InChI=1S/C15H20ClN3O/c1-15(20-2)7-5-8-18(11-15)14-12(10-16)19-9-4-3-6-13(19)17-14/h3-4,6,9H,5,7-8,10-11H2,1-2H3. The highest BCUT2D eigenvalue weighted by molar-refractivity contribution is 6.17. The monoisotopic (exact) mass is 293 g/mol. The average Bonchev–Trinajstić information content (AvgIpc) is 2.86. The molecule has 2 aromatic heterocycles. The van der Waals surface area contributed by atoms with Crippen molar-refractivity contribution in [1.29, 1.82) is 0 Å². The molecule has 108 valence electrons. The number of methoxy groups -OCH3 is 1. The van der Waals surface area contributed by atoms with Crippen LogP contribution in [0.4, 0.5) is 5.82 Å². The Labute approximate surface area is 124 Å². The lowest BCUT2D eigenvalue weighted by Gasteiger charge is -2.40. The second-order valence-corrected chi connectivity index (χ2v) is 5.89. The molecule has 0 radical (unpaired) electrons. The normalized spacial score (nSPS) is 23.4. The van der Waals surface area contributed by atoms with Gasteiger partial charge in [0.2, 0.25) is 0 Å². The average molecular weight is 294 g/mol. The predicted octanol–water partition coefficient (Wildman–Crippen LogP) is 3.08. The molecule has 4 nitrogen and oxygen atoms in total. The summed E-state index contributed by atoms with van der Waals surface area (Å²) >= 11 is 6.16. The van der Waals surface area contributed by atoms with Gasteiger partial charge < -0.3 is 14.0 Å². The maximum atomic E-state index is 6.16. The van der Waals surface area contributed by atoms with E-state index in [4.69, 9.17) is 21.3 Å². The Hall–Kier alpha value is -1.26. The van der Waals surface area contributed by atoms with Crippen LogP contribution in [-0.2, 0) is 10.6 Å². The van der Waals surface area contributed by atoms with Gasteiger partial charge in [-0.15, -0.1) is 11.6 Å². The van der Waals surface area contributed by atoms with E-state index in [1.165, 1.54) is 0 Å². The van der Waals surface area contributed by atoms with Crippen molar-refractivity contribution in [3.8, 4) is 0 Å². The highest BCUT2D eigenvalue weighted by Gasteiger charge is 2.32. The number of ether oxygens (including phenoxy) is 1. The fourth-order valence-electron chi connectivity index (χ4n) is 2.96. The molecule has 0 aliphatic carbocycles. The van der Waals surface area contributed by atoms with E-state index in [2.05, 4.69) is 16.2 Å². The van der Waals surface area contributed by atoms with E-state index < -0.39 is 0 Å². The second-order valence-electron chi connectivity index (χ2n) is 5.62. The molecular weight excluding hydrogens is 274 g/mol. The summed E-state index contributed by atoms with van der Waals surface area (Å²) in [6.07, 6.45) is 4.21. The predicted molar refractivity (Wildman–Crippen MR) is 81.6 cm³/mol. The van der Waals surface area contributed by atoms with Crippen molar-refractivity contribution in [2.45, 2.75) is 31.2 Å². The zero-order valence-corrected chi connectivity index (χ0v) is 12.7. The van der Waals surface area contributed by atoms with Crippen LogP contribution in [0.2, 0.25) is 0 Å². The van der Waals surface area contributed by atoms with Gasteiger partial charge in [-0.25, -0.2) is 4.98 Å². The summed E-state index contributed by atoms with van der Waals surface area (Å²) in [5.41, 5.74) is 1.91. The largest absolute Gasteiger partial charge is 0.377 e. The van der Waals surface area contributed by atoms with Crippen LogP contribution < -0.4 is 4.90 Å². The number of piperidine rings is 1. The molecule has 0 saturated carbocycles. The van der Waals surface area contributed by atoms with Crippen molar-refractivity contribution < 1.29 is 4.74 Å². The van der Waals surface area contributed by atoms with Crippen molar-refractivity contribution >= 4 is 23.1 Å². The van der Waals surface area contributed by atoms with Gasteiger partial charge in [-0.3, -0.25) is 0 Å². The molecule has 0 spiro atoms. The molecule has 5 heteroatoms.